The summed E-state index contributed by atoms with van der Waals surface area (Å²) in [7, 11) is 3.88. The Morgan fingerprint density at radius 2 is 1.66 bits per heavy atom. The van der Waals surface area contributed by atoms with E-state index in [1.165, 1.54) is 4.90 Å². The Balaban J connectivity index is 1.59. The molecule has 1 aliphatic rings. The Labute approximate surface area is 238 Å². The number of benzene rings is 2. The van der Waals surface area contributed by atoms with Crippen LogP contribution in [0, 0.1) is 0 Å². The molecule has 2 aromatic carbocycles. The zero-order valence-electron chi connectivity index (χ0n) is 24.5. The molecule has 0 aromatic heterocycles. The lowest BCUT2D eigenvalue weighted by molar-refractivity contribution is -0.128. The first-order chi connectivity index (χ1) is 17.8. The number of hydrogen-bond donors (Lipinski definition) is 1. The number of thioether (sulfide) groups is 2. The van der Waals surface area contributed by atoms with Crippen molar-refractivity contribution in [2.75, 3.05) is 45.3 Å². The Morgan fingerprint density at radius 3 is 2.26 bits per heavy atom. The lowest BCUT2D eigenvalue weighted by Crippen LogP contribution is -2.32. The van der Waals surface area contributed by atoms with Crippen molar-refractivity contribution in [2.24, 2.45) is 0 Å². The van der Waals surface area contributed by atoms with Crippen molar-refractivity contribution < 1.29 is 14.6 Å². The number of ether oxygens (including phenoxy) is 1. The number of rotatable bonds is 11. The van der Waals surface area contributed by atoms with Crippen LogP contribution in [0.5, 0.6) is 11.5 Å². The van der Waals surface area contributed by atoms with E-state index >= 15 is 0 Å². The van der Waals surface area contributed by atoms with E-state index in [1.807, 2.05) is 34.9 Å². The van der Waals surface area contributed by atoms with Gasteiger partial charge in [0, 0.05) is 11.4 Å². The topological polar surface area (TPSA) is 53.0 Å². The van der Waals surface area contributed by atoms with Gasteiger partial charge in [-0.15, -0.1) is 23.5 Å². The summed E-state index contributed by atoms with van der Waals surface area (Å²) in [5.74, 6) is 3.09. The van der Waals surface area contributed by atoms with Crippen molar-refractivity contribution in [3.05, 3.63) is 53.1 Å². The fraction of sp³-hybridized carbons (Fsp3) is 0.581. The molecule has 1 amide bonds. The summed E-state index contributed by atoms with van der Waals surface area (Å²) < 4.78 is 5.45. The van der Waals surface area contributed by atoms with Crippen LogP contribution in [-0.4, -0.2) is 66.1 Å². The predicted octanol–water partition coefficient (Wildman–Crippen LogP) is 7.07. The van der Waals surface area contributed by atoms with Gasteiger partial charge in [-0.2, -0.15) is 0 Å². The van der Waals surface area contributed by atoms with E-state index in [0.29, 0.717) is 11.5 Å². The van der Waals surface area contributed by atoms with Crippen LogP contribution < -0.4 is 4.74 Å². The monoisotopic (exact) mass is 558 g/mol. The summed E-state index contributed by atoms with van der Waals surface area (Å²) in [6.45, 7) is 15.5. The molecule has 1 saturated heterocycles. The number of nitrogens with zero attached hydrogens (tertiary/aromatic N) is 2. The second kappa shape index (κ2) is 13.0. The number of aromatic hydroxyl groups is 1. The molecule has 210 valence electrons. The highest BCUT2D eigenvalue weighted by Crippen LogP contribution is 2.45. The highest BCUT2D eigenvalue weighted by Gasteiger charge is 2.35. The van der Waals surface area contributed by atoms with E-state index in [9.17, 15) is 9.90 Å². The second-order valence-corrected chi connectivity index (χ2v) is 14.4. The quantitative estimate of drug-likeness (QED) is 0.235. The maximum Gasteiger partial charge on any atom is 0.233 e. The molecule has 0 bridgehead atoms. The molecular formula is C31H46N2O3S2. The van der Waals surface area contributed by atoms with Crippen LogP contribution in [-0.2, 0) is 15.6 Å². The molecule has 0 aliphatic carbocycles. The number of phenols is 1. The van der Waals surface area contributed by atoms with Crippen LogP contribution in [0.15, 0.2) is 41.3 Å². The van der Waals surface area contributed by atoms with Crippen molar-refractivity contribution in [1.82, 2.24) is 9.80 Å². The lowest BCUT2D eigenvalue weighted by Gasteiger charge is -2.31. The van der Waals surface area contributed by atoms with Gasteiger partial charge in [0.25, 0.3) is 0 Å². The highest BCUT2D eigenvalue weighted by atomic mass is 32.2. The maximum atomic E-state index is 12.9. The Morgan fingerprint density at radius 1 is 1.05 bits per heavy atom. The van der Waals surface area contributed by atoms with Crippen LogP contribution in [0.1, 0.15) is 76.4 Å². The third-order valence-corrected chi connectivity index (χ3v) is 9.35. The minimum atomic E-state index is -0.190. The van der Waals surface area contributed by atoms with Crippen molar-refractivity contribution in [1.29, 1.82) is 0 Å². The van der Waals surface area contributed by atoms with Gasteiger partial charge in [-0.25, -0.2) is 0 Å². The molecule has 3 rings (SSSR count). The number of methoxy groups -OCH3 is 1. The number of amides is 1. The maximum absolute atomic E-state index is 12.9. The smallest absolute Gasteiger partial charge is 0.233 e. The van der Waals surface area contributed by atoms with Crippen LogP contribution in [0.25, 0.3) is 0 Å². The molecule has 1 unspecified atom stereocenters. The fourth-order valence-corrected chi connectivity index (χ4v) is 6.95. The molecular weight excluding hydrogens is 512 g/mol. The number of para-hydroxylation sites is 1. The average molecular weight is 559 g/mol. The summed E-state index contributed by atoms with van der Waals surface area (Å²) in [6.07, 6.45) is 2.04. The summed E-state index contributed by atoms with van der Waals surface area (Å²) in [4.78, 5) is 18.5. The molecule has 0 radical (unpaired) electrons. The zero-order valence-corrected chi connectivity index (χ0v) is 26.1. The summed E-state index contributed by atoms with van der Waals surface area (Å²) in [5.41, 5.74) is 2.64. The molecule has 5 nitrogen and oxygen atoms in total. The largest absolute Gasteiger partial charge is 0.507 e. The Kier molecular flexibility index (Phi) is 10.5. The minimum absolute atomic E-state index is 0.00661. The van der Waals surface area contributed by atoms with Gasteiger partial charge in [-0.1, -0.05) is 53.7 Å². The van der Waals surface area contributed by atoms with Crippen LogP contribution in [0.4, 0.5) is 0 Å². The molecule has 0 saturated carbocycles. The van der Waals surface area contributed by atoms with Gasteiger partial charge in [0.05, 0.1) is 12.9 Å². The van der Waals surface area contributed by atoms with E-state index in [1.54, 1.807) is 18.9 Å². The van der Waals surface area contributed by atoms with Gasteiger partial charge in [0.2, 0.25) is 5.91 Å². The molecule has 1 heterocycles. The minimum Gasteiger partial charge on any atom is -0.507 e. The van der Waals surface area contributed by atoms with E-state index in [-0.39, 0.29) is 22.1 Å². The molecule has 1 atom stereocenters. The third-order valence-electron chi connectivity index (χ3n) is 6.95. The summed E-state index contributed by atoms with van der Waals surface area (Å²) >= 11 is 3.54. The molecule has 2 aromatic rings. The van der Waals surface area contributed by atoms with E-state index < -0.39 is 0 Å². The highest BCUT2D eigenvalue weighted by molar-refractivity contribution is 8.00. The van der Waals surface area contributed by atoms with Gasteiger partial charge in [0.1, 0.15) is 16.9 Å². The molecule has 1 aliphatic heterocycles. The first-order valence-corrected chi connectivity index (χ1v) is 15.6. The summed E-state index contributed by atoms with van der Waals surface area (Å²) in [5, 5.41) is 11.1. The van der Waals surface area contributed by atoms with E-state index in [0.717, 1.165) is 60.7 Å². The molecule has 38 heavy (non-hydrogen) atoms. The van der Waals surface area contributed by atoms with Gasteiger partial charge >= 0.3 is 0 Å². The average Bonchev–Trinajstić information content (AvgIpc) is 3.21. The molecule has 0 spiro atoms. The number of carbonyl (C=O) groups excluding carboxylic acids is 1. The molecule has 1 fully saturated rings. The van der Waals surface area contributed by atoms with Crippen LogP contribution in [0.3, 0.4) is 0 Å². The number of phenolic OH excluding ortho intramolecular Hbond substituents is 1. The number of carbonyl (C=O) groups is 1. The van der Waals surface area contributed by atoms with Crippen molar-refractivity contribution in [2.45, 2.75) is 75.5 Å². The normalized spacial score (nSPS) is 16.5. The van der Waals surface area contributed by atoms with Gasteiger partial charge < -0.3 is 19.6 Å². The SMILES string of the molecule is COc1ccccc1SCCCN(C)CCCN1C(=O)CSC1c1cc(C(C)(C)C)c(O)c(C(C)(C)C)c1. The van der Waals surface area contributed by atoms with E-state index in [4.69, 9.17) is 4.74 Å². The van der Waals surface area contributed by atoms with Crippen LogP contribution >= 0.6 is 23.5 Å². The summed E-state index contributed by atoms with van der Waals surface area (Å²) in [6, 6.07) is 12.4. The van der Waals surface area contributed by atoms with Crippen molar-refractivity contribution in [3.63, 3.8) is 0 Å². The molecule has 1 N–H and O–H groups in total. The van der Waals surface area contributed by atoms with Crippen molar-refractivity contribution in [3.8, 4) is 11.5 Å². The lowest BCUT2D eigenvalue weighted by atomic mass is 9.78. The van der Waals surface area contributed by atoms with E-state index in [2.05, 4.69) is 71.7 Å². The second-order valence-electron chi connectivity index (χ2n) is 12.2. The van der Waals surface area contributed by atoms with Crippen LogP contribution in [0.2, 0.25) is 0 Å². The Hall–Kier alpha value is -1.83. The fourth-order valence-electron chi connectivity index (χ4n) is 4.79. The van der Waals surface area contributed by atoms with Gasteiger partial charge in [0.15, 0.2) is 0 Å². The van der Waals surface area contributed by atoms with Crippen molar-refractivity contribution >= 4 is 29.4 Å². The molecule has 7 heteroatoms. The first-order valence-electron chi connectivity index (χ1n) is 13.6. The standard InChI is InChI=1S/C31H46N2O3S2/c1-30(2,3)23-19-22(20-24(28(23)35)31(4,5)6)29-33(27(34)21-38-29)17-11-15-32(7)16-12-18-37-26-14-10-9-13-25(26)36-8/h9-10,13-14,19-20,29,35H,11-12,15-18,21H2,1-8H3. The van der Waals surface area contributed by atoms with Gasteiger partial charge in [-0.05, 0) is 90.5 Å². The zero-order chi connectivity index (χ0) is 28.1. The number of hydrogen-bond acceptors (Lipinski definition) is 6. The first kappa shape index (κ1) is 30.7. The Bertz CT molecular complexity index is 1060. The van der Waals surface area contributed by atoms with Gasteiger partial charge in [-0.3, -0.25) is 4.79 Å². The predicted molar refractivity (Wildman–Crippen MR) is 163 cm³/mol. The third kappa shape index (κ3) is 7.86.